The highest BCUT2D eigenvalue weighted by Gasteiger charge is 2.02. The Kier molecular flexibility index (Phi) is 3.49. The van der Waals surface area contributed by atoms with E-state index in [1.807, 2.05) is 0 Å². The summed E-state index contributed by atoms with van der Waals surface area (Å²) in [6.45, 7) is 0.0626. The first kappa shape index (κ1) is 11.7. The van der Waals surface area contributed by atoms with Gasteiger partial charge in [0.25, 0.3) is 0 Å². The number of hydrogen-bond acceptors (Lipinski definition) is 3. The highest BCUT2D eigenvalue weighted by atomic mass is 35.5. The molecule has 0 amide bonds. The number of halogens is 3. The first-order chi connectivity index (χ1) is 8.13. The van der Waals surface area contributed by atoms with E-state index in [-0.39, 0.29) is 17.5 Å². The lowest BCUT2D eigenvalue weighted by atomic mass is 10.3. The Balaban J connectivity index is 2.04. The van der Waals surface area contributed by atoms with E-state index in [2.05, 4.69) is 9.97 Å². The maximum Gasteiger partial charge on any atom is 0.147 e. The number of rotatable bonds is 3. The molecule has 0 aliphatic heterocycles. The van der Waals surface area contributed by atoms with Gasteiger partial charge in [-0.05, 0) is 0 Å². The lowest BCUT2D eigenvalue weighted by Crippen LogP contribution is -1.99. The van der Waals surface area contributed by atoms with Crippen LogP contribution in [-0.2, 0) is 6.61 Å². The molecule has 17 heavy (non-hydrogen) atoms. The van der Waals surface area contributed by atoms with E-state index in [0.717, 1.165) is 18.2 Å². The molecular formula is C11H7ClF2N2O. The number of aromatic nitrogens is 2. The first-order valence-corrected chi connectivity index (χ1v) is 5.06. The Labute approximate surface area is 101 Å². The zero-order valence-corrected chi connectivity index (χ0v) is 9.29. The molecule has 1 heterocycles. The lowest BCUT2D eigenvalue weighted by Gasteiger charge is -2.05. The fourth-order valence-electron chi connectivity index (χ4n) is 1.18. The average molecular weight is 257 g/mol. The third kappa shape index (κ3) is 3.35. The zero-order chi connectivity index (χ0) is 12.3. The van der Waals surface area contributed by atoms with Crippen molar-refractivity contribution in [2.45, 2.75) is 6.61 Å². The van der Waals surface area contributed by atoms with Crippen molar-refractivity contribution < 1.29 is 13.5 Å². The summed E-state index contributed by atoms with van der Waals surface area (Å²) in [5.41, 5.74) is 0.513. The largest absolute Gasteiger partial charge is 0.487 e. The molecule has 0 atom stereocenters. The van der Waals surface area contributed by atoms with Crippen molar-refractivity contribution in [2.75, 3.05) is 0 Å². The van der Waals surface area contributed by atoms with Gasteiger partial charge in [0.1, 0.15) is 29.1 Å². The van der Waals surface area contributed by atoms with Crippen LogP contribution in [0.1, 0.15) is 5.69 Å². The maximum absolute atomic E-state index is 12.8. The standard InChI is InChI=1S/C11H7ClF2N2O/c12-11-5-15-9(4-16-11)6-17-10-2-7(13)1-8(14)3-10/h1-5H,6H2. The monoisotopic (exact) mass is 256 g/mol. The number of nitrogens with zero attached hydrogens (tertiary/aromatic N) is 2. The van der Waals surface area contributed by atoms with E-state index < -0.39 is 11.6 Å². The van der Waals surface area contributed by atoms with Crippen LogP contribution in [0.2, 0.25) is 5.15 Å². The molecule has 6 heteroatoms. The van der Waals surface area contributed by atoms with Crippen LogP contribution in [0.3, 0.4) is 0 Å². The van der Waals surface area contributed by atoms with Crippen LogP contribution < -0.4 is 4.74 Å². The summed E-state index contributed by atoms with van der Waals surface area (Å²) in [5, 5.41) is 0.269. The second-order valence-electron chi connectivity index (χ2n) is 3.22. The molecule has 0 aliphatic carbocycles. The molecule has 0 fully saturated rings. The molecule has 2 aromatic rings. The molecule has 0 saturated heterocycles. The molecule has 1 aromatic carbocycles. The van der Waals surface area contributed by atoms with Crippen LogP contribution >= 0.6 is 11.6 Å². The van der Waals surface area contributed by atoms with E-state index in [1.165, 1.54) is 12.4 Å². The molecule has 0 saturated carbocycles. The number of ether oxygens (including phenoxy) is 1. The smallest absolute Gasteiger partial charge is 0.147 e. The molecule has 88 valence electrons. The Bertz CT molecular complexity index is 499. The molecule has 0 bridgehead atoms. The normalized spacial score (nSPS) is 10.3. The van der Waals surface area contributed by atoms with Crippen molar-refractivity contribution in [1.82, 2.24) is 9.97 Å². The number of hydrogen-bond donors (Lipinski definition) is 0. The van der Waals surface area contributed by atoms with Crippen LogP contribution in [0.4, 0.5) is 8.78 Å². The average Bonchev–Trinajstić information content (AvgIpc) is 2.27. The highest BCUT2D eigenvalue weighted by Crippen LogP contribution is 2.16. The van der Waals surface area contributed by atoms with Gasteiger partial charge < -0.3 is 4.74 Å². The summed E-state index contributed by atoms with van der Waals surface area (Å²) in [6, 6.07) is 2.95. The van der Waals surface area contributed by atoms with Gasteiger partial charge in [0.05, 0.1) is 18.1 Å². The predicted molar refractivity (Wildman–Crippen MR) is 57.7 cm³/mol. The van der Waals surface area contributed by atoms with Crippen molar-refractivity contribution in [1.29, 1.82) is 0 Å². The topological polar surface area (TPSA) is 35.0 Å². The minimum Gasteiger partial charge on any atom is -0.487 e. The predicted octanol–water partition coefficient (Wildman–Crippen LogP) is 2.99. The third-order valence-electron chi connectivity index (χ3n) is 1.90. The maximum atomic E-state index is 12.8. The summed E-state index contributed by atoms with van der Waals surface area (Å²) in [5.74, 6) is -1.29. The Morgan fingerprint density at radius 1 is 1.06 bits per heavy atom. The van der Waals surface area contributed by atoms with E-state index in [1.54, 1.807) is 0 Å². The van der Waals surface area contributed by atoms with Gasteiger partial charge in [0, 0.05) is 18.2 Å². The SMILES string of the molecule is Fc1cc(F)cc(OCc2cnc(Cl)cn2)c1. The first-order valence-electron chi connectivity index (χ1n) is 4.69. The van der Waals surface area contributed by atoms with Crippen LogP contribution in [0.25, 0.3) is 0 Å². The fourth-order valence-corrected chi connectivity index (χ4v) is 1.28. The molecule has 2 rings (SSSR count). The van der Waals surface area contributed by atoms with Crippen molar-refractivity contribution in [3.05, 3.63) is 53.1 Å². The van der Waals surface area contributed by atoms with Gasteiger partial charge in [-0.3, -0.25) is 4.98 Å². The van der Waals surface area contributed by atoms with Gasteiger partial charge in [0.15, 0.2) is 0 Å². The van der Waals surface area contributed by atoms with Crippen LogP contribution in [0.5, 0.6) is 5.75 Å². The second kappa shape index (κ2) is 5.05. The van der Waals surface area contributed by atoms with E-state index in [4.69, 9.17) is 16.3 Å². The lowest BCUT2D eigenvalue weighted by molar-refractivity contribution is 0.297. The van der Waals surface area contributed by atoms with Gasteiger partial charge in [-0.1, -0.05) is 11.6 Å². The van der Waals surface area contributed by atoms with Crippen molar-refractivity contribution in [2.24, 2.45) is 0 Å². The minimum atomic E-state index is -0.692. The van der Waals surface area contributed by atoms with Crippen molar-refractivity contribution in [3.8, 4) is 5.75 Å². The van der Waals surface area contributed by atoms with Crippen molar-refractivity contribution in [3.63, 3.8) is 0 Å². The second-order valence-corrected chi connectivity index (χ2v) is 3.61. The molecule has 3 nitrogen and oxygen atoms in total. The molecule has 0 N–H and O–H groups in total. The third-order valence-corrected chi connectivity index (χ3v) is 2.09. The van der Waals surface area contributed by atoms with Crippen molar-refractivity contribution >= 4 is 11.6 Å². The summed E-state index contributed by atoms with van der Waals surface area (Å²) >= 11 is 5.56. The van der Waals surface area contributed by atoms with E-state index in [9.17, 15) is 8.78 Å². The summed E-state index contributed by atoms with van der Waals surface area (Å²) in [7, 11) is 0. The molecule has 0 radical (unpaired) electrons. The molecule has 0 spiro atoms. The molecule has 0 unspecified atom stereocenters. The zero-order valence-electron chi connectivity index (χ0n) is 8.53. The van der Waals surface area contributed by atoms with E-state index >= 15 is 0 Å². The Morgan fingerprint density at radius 2 is 1.76 bits per heavy atom. The fraction of sp³-hybridized carbons (Fsp3) is 0.0909. The quantitative estimate of drug-likeness (QED) is 0.847. The van der Waals surface area contributed by atoms with Gasteiger partial charge in [-0.15, -0.1) is 0 Å². The molecular weight excluding hydrogens is 250 g/mol. The van der Waals surface area contributed by atoms with Crippen LogP contribution in [-0.4, -0.2) is 9.97 Å². The minimum absolute atomic E-state index is 0.0626. The highest BCUT2D eigenvalue weighted by molar-refractivity contribution is 6.29. The van der Waals surface area contributed by atoms with E-state index in [0.29, 0.717) is 5.69 Å². The van der Waals surface area contributed by atoms with Gasteiger partial charge in [-0.25, -0.2) is 13.8 Å². The molecule has 0 aliphatic rings. The van der Waals surface area contributed by atoms with Gasteiger partial charge >= 0.3 is 0 Å². The number of benzene rings is 1. The van der Waals surface area contributed by atoms with Gasteiger partial charge in [-0.2, -0.15) is 0 Å². The Morgan fingerprint density at radius 3 is 2.35 bits per heavy atom. The van der Waals surface area contributed by atoms with Crippen LogP contribution in [0.15, 0.2) is 30.6 Å². The summed E-state index contributed by atoms with van der Waals surface area (Å²) in [6.07, 6.45) is 2.80. The summed E-state index contributed by atoms with van der Waals surface area (Å²) < 4.78 is 30.9. The summed E-state index contributed by atoms with van der Waals surface area (Å²) in [4.78, 5) is 7.73. The van der Waals surface area contributed by atoms with Crippen LogP contribution in [0, 0.1) is 11.6 Å². The van der Waals surface area contributed by atoms with Gasteiger partial charge in [0.2, 0.25) is 0 Å². The Hall–Kier alpha value is -1.75. The molecule has 1 aromatic heterocycles.